The van der Waals surface area contributed by atoms with Gasteiger partial charge in [-0.05, 0) is 17.7 Å². The van der Waals surface area contributed by atoms with Crippen LogP contribution >= 0.6 is 11.8 Å². The minimum Gasteiger partial charge on any atom is -0.323 e. The van der Waals surface area contributed by atoms with E-state index < -0.39 is 29.0 Å². The Morgan fingerprint density at radius 1 is 1.07 bits per heavy atom. The second kappa shape index (κ2) is 8.26. The zero-order valence-corrected chi connectivity index (χ0v) is 15.1. The van der Waals surface area contributed by atoms with Gasteiger partial charge in [-0.15, -0.1) is 10.2 Å². The number of halogens is 3. The van der Waals surface area contributed by atoms with Crippen LogP contribution in [-0.4, -0.2) is 26.4 Å². The Kier molecular flexibility index (Phi) is 5.80. The Bertz CT molecular complexity index is 963. The molecule has 0 saturated heterocycles. The molecule has 2 aromatic carbocycles. The molecule has 0 bridgehead atoms. The van der Waals surface area contributed by atoms with Crippen molar-refractivity contribution in [1.82, 2.24) is 14.8 Å². The molecule has 0 aliphatic carbocycles. The van der Waals surface area contributed by atoms with Crippen LogP contribution < -0.4 is 5.32 Å². The molecule has 0 fully saturated rings. The van der Waals surface area contributed by atoms with E-state index in [0.717, 1.165) is 35.3 Å². The van der Waals surface area contributed by atoms with E-state index in [4.69, 9.17) is 0 Å². The summed E-state index contributed by atoms with van der Waals surface area (Å²) >= 11 is 1.11. The van der Waals surface area contributed by atoms with Gasteiger partial charge in [-0.25, -0.2) is 13.2 Å². The summed E-state index contributed by atoms with van der Waals surface area (Å²) in [4.78, 5) is 12.0. The van der Waals surface area contributed by atoms with Crippen LogP contribution in [0.15, 0.2) is 47.6 Å². The first-order chi connectivity index (χ1) is 13.0. The molecule has 0 saturated carbocycles. The standard InChI is InChI=1S/C18H15F3N4OS/c1-25-14(9-11-5-3-2-4-6-11)23-24-18(25)27-10-15(26)22-13-8-7-12(19)16(20)17(13)21/h2-8H,9-10H2,1H3,(H,22,26). The maximum Gasteiger partial charge on any atom is 0.234 e. The summed E-state index contributed by atoms with van der Waals surface area (Å²) in [5.74, 6) is -4.30. The van der Waals surface area contributed by atoms with E-state index in [1.807, 2.05) is 30.3 Å². The van der Waals surface area contributed by atoms with Gasteiger partial charge in [-0.2, -0.15) is 0 Å². The number of aromatic nitrogens is 3. The molecule has 3 aromatic rings. The average Bonchev–Trinajstić information content (AvgIpc) is 3.01. The van der Waals surface area contributed by atoms with E-state index in [9.17, 15) is 18.0 Å². The van der Waals surface area contributed by atoms with E-state index in [1.165, 1.54) is 0 Å². The number of hydrogen-bond acceptors (Lipinski definition) is 4. The second-order valence-corrected chi connectivity index (χ2v) is 6.62. The largest absolute Gasteiger partial charge is 0.323 e. The van der Waals surface area contributed by atoms with E-state index >= 15 is 0 Å². The minimum absolute atomic E-state index is 0.0876. The summed E-state index contributed by atoms with van der Waals surface area (Å²) in [5, 5.41) is 10.9. The molecule has 0 spiro atoms. The van der Waals surface area contributed by atoms with Crippen molar-refractivity contribution in [3.05, 3.63) is 71.3 Å². The highest BCUT2D eigenvalue weighted by Crippen LogP contribution is 2.21. The van der Waals surface area contributed by atoms with Gasteiger partial charge >= 0.3 is 0 Å². The third-order valence-corrected chi connectivity index (χ3v) is 4.79. The van der Waals surface area contributed by atoms with Crippen molar-refractivity contribution in [2.75, 3.05) is 11.1 Å². The molecule has 1 N–H and O–H groups in total. The number of rotatable bonds is 6. The van der Waals surface area contributed by atoms with Crippen molar-refractivity contribution in [2.24, 2.45) is 7.05 Å². The smallest absolute Gasteiger partial charge is 0.234 e. The lowest BCUT2D eigenvalue weighted by Gasteiger charge is -2.07. The fraction of sp³-hybridized carbons (Fsp3) is 0.167. The first-order valence-corrected chi connectivity index (χ1v) is 8.92. The molecule has 0 unspecified atom stereocenters. The number of anilines is 1. The fourth-order valence-electron chi connectivity index (χ4n) is 2.34. The molecule has 1 amide bonds. The van der Waals surface area contributed by atoms with Crippen LogP contribution in [0.3, 0.4) is 0 Å². The molecule has 9 heteroatoms. The normalized spacial score (nSPS) is 10.8. The minimum atomic E-state index is -1.63. The highest BCUT2D eigenvalue weighted by molar-refractivity contribution is 7.99. The third-order valence-electron chi connectivity index (χ3n) is 3.77. The van der Waals surface area contributed by atoms with Crippen molar-refractivity contribution in [1.29, 1.82) is 0 Å². The van der Waals surface area contributed by atoms with Crippen LogP contribution in [0.25, 0.3) is 0 Å². The number of nitrogens with one attached hydrogen (secondary N) is 1. The van der Waals surface area contributed by atoms with Crippen LogP contribution in [0.4, 0.5) is 18.9 Å². The van der Waals surface area contributed by atoms with Gasteiger partial charge in [0.15, 0.2) is 22.6 Å². The molecule has 3 rings (SSSR count). The maximum atomic E-state index is 13.6. The molecule has 1 aromatic heterocycles. The SMILES string of the molecule is Cn1c(Cc2ccccc2)nnc1SCC(=O)Nc1ccc(F)c(F)c1F. The van der Waals surface area contributed by atoms with Crippen LogP contribution in [0.1, 0.15) is 11.4 Å². The van der Waals surface area contributed by atoms with Gasteiger partial charge in [-0.1, -0.05) is 42.1 Å². The third kappa shape index (κ3) is 4.48. The summed E-state index contributed by atoms with van der Waals surface area (Å²) in [6.07, 6.45) is 0.594. The first-order valence-electron chi connectivity index (χ1n) is 7.94. The molecular formula is C18H15F3N4OS. The molecule has 1 heterocycles. The molecule has 5 nitrogen and oxygen atoms in total. The highest BCUT2D eigenvalue weighted by atomic mass is 32.2. The van der Waals surface area contributed by atoms with Crippen LogP contribution in [0, 0.1) is 17.5 Å². The average molecular weight is 392 g/mol. The number of nitrogens with zero attached hydrogens (tertiary/aromatic N) is 3. The predicted molar refractivity (Wildman–Crippen MR) is 95.9 cm³/mol. The fourth-order valence-corrected chi connectivity index (χ4v) is 3.07. The Hall–Kier alpha value is -2.81. The van der Waals surface area contributed by atoms with E-state index in [0.29, 0.717) is 11.6 Å². The monoisotopic (exact) mass is 392 g/mol. The summed E-state index contributed by atoms with van der Waals surface area (Å²) < 4.78 is 41.5. The lowest BCUT2D eigenvalue weighted by molar-refractivity contribution is -0.113. The van der Waals surface area contributed by atoms with Gasteiger partial charge in [0.25, 0.3) is 0 Å². The Morgan fingerprint density at radius 3 is 2.56 bits per heavy atom. The van der Waals surface area contributed by atoms with Gasteiger partial charge in [-0.3, -0.25) is 4.79 Å². The lowest BCUT2D eigenvalue weighted by Crippen LogP contribution is -2.16. The predicted octanol–water partition coefficient (Wildman–Crippen LogP) is 3.55. The van der Waals surface area contributed by atoms with Crippen molar-refractivity contribution in [3.63, 3.8) is 0 Å². The van der Waals surface area contributed by atoms with Gasteiger partial charge in [0.05, 0.1) is 11.4 Å². The number of thioether (sulfide) groups is 1. The molecule has 140 valence electrons. The summed E-state index contributed by atoms with van der Waals surface area (Å²) in [6.45, 7) is 0. The highest BCUT2D eigenvalue weighted by Gasteiger charge is 2.16. The van der Waals surface area contributed by atoms with Crippen molar-refractivity contribution >= 4 is 23.4 Å². The van der Waals surface area contributed by atoms with Crippen LogP contribution in [-0.2, 0) is 18.3 Å². The topological polar surface area (TPSA) is 59.8 Å². The molecule has 0 aliphatic heterocycles. The van der Waals surface area contributed by atoms with Gasteiger partial charge in [0.2, 0.25) is 5.91 Å². The lowest BCUT2D eigenvalue weighted by atomic mass is 10.1. The number of benzene rings is 2. The summed E-state index contributed by atoms with van der Waals surface area (Å²) in [6, 6.07) is 11.5. The first kappa shape index (κ1) is 19.0. The Labute approximate surface area is 157 Å². The molecule has 0 radical (unpaired) electrons. The van der Waals surface area contributed by atoms with E-state index in [2.05, 4.69) is 15.5 Å². The Morgan fingerprint density at radius 2 is 1.81 bits per heavy atom. The number of carbonyl (C=O) groups excluding carboxylic acids is 1. The number of carbonyl (C=O) groups is 1. The van der Waals surface area contributed by atoms with E-state index in [-0.39, 0.29) is 5.75 Å². The quantitative estimate of drug-likeness (QED) is 0.515. The van der Waals surface area contributed by atoms with Gasteiger partial charge < -0.3 is 9.88 Å². The molecule has 0 aliphatic rings. The molecular weight excluding hydrogens is 377 g/mol. The zero-order chi connectivity index (χ0) is 19.4. The second-order valence-electron chi connectivity index (χ2n) is 5.68. The van der Waals surface area contributed by atoms with Gasteiger partial charge in [0.1, 0.15) is 5.82 Å². The van der Waals surface area contributed by atoms with Crippen molar-refractivity contribution in [3.8, 4) is 0 Å². The molecule has 0 atom stereocenters. The summed E-state index contributed by atoms with van der Waals surface area (Å²) in [7, 11) is 1.79. The Balaban J connectivity index is 1.60. The summed E-state index contributed by atoms with van der Waals surface area (Å²) in [5.41, 5.74) is 0.665. The molecule has 27 heavy (non-hydrogen) atoms. The van der Waals surface area contributed by atoms with Crippen molar-refractivity contribution in [2.45, 2.75) is 11.6 Å². The zero-order valence-electron chi connectivity index (χ0n) is 14.2. The number of amides is 1. The van der Waals surface area contributed by atoms with Crippen LogP contribution in [0.2, 0.25) is 0 Å². The van der Waals surface area contributed by atoms with Crippen molar-refractivity contribution < 1.29 is 18.0 Å². The maximum absolute atomic E-state index is 13.6. The van der Waals surface area contributed by atoms with Gasteiger partial charge in [0, 0.05) is 13.5 Å². The number of hydrogen-bond donors (Lipinski definition) is 1. The van der Waals surface area contributed by atoms with E-state index in [1.54, 1.807) is 11.6 Å². The van der Waals surface area contributed by atoms with Crippen LogP contribution in [0.5, 0.6) is 0 Å².